The number of hydrogen-bond donors (Lipinski definition) is 4. The summed E-state index contributed by atoms with van der Waals surface area (Å²) in [7, 11) is 1.90. The van der Waals surface area contributed by atoms with Crippen molar-refractivity contribution in [2.24, 2.45) is 20.5 Å². The zero-order valence-electron chi connectivity index (χ0n) is 29.3. The molecule has 0 fully saturated rings. The van der Waals surface area contributed by atoms with Gasteiger partial charge in [-0.2, -0.15) is 5.11 Å². The number of carbonyl (C=O) groups excluding carboxylic acids is 2. The van der Waals surface area contributed by atoms with Gasteiger partial charge in [-0.25, -0.2) is 0 Å². The average molecular weight is 685 g/mol. The fourth-order valence-electron chi connectivity index (χ4n) is 6.10. The highest BCUT2D eigenvalue weighted by atomic mass is 16.5. The van der Waals surface area contributed by atoms with Gasteiger partial charge in [0.25, 0.3) is 0 Å². The number of esters is 1. The minimum absolute atomic E-state index is 0.0699. The van der Waals surface area contributed by atoms with Crippen LogP contribution in [0.1, 0.15) is 45.1 Å². The Morgan fingerprint density at radius 2 is 1.29 bits per heavy atom. The molecular formula is C40H44N8O3. The Labute approximate surface area is 298 Å². The van der Waals surface area contributed by atoms with E-state index < -0.39 is 0 Å². The van der Waals surface area contributed by atoms with Crippen molar-refractivity contribution in [2.75, 3.05) is 37.4 Å². The molecule has 6 rings (SSSR count). The molecule has 0 radical (unpaired) electrons. The number of unbranched alkanes of at least 4 members (excludes halogenated alkanes) is 1. The van der Waals surface area contributed by atoms with Gasteiger partial charge in [0.1, 0.15) is 5.66 Å². The normalized spacial score (nSPS) is 13.4. The van der Waals surface area contributed by atoms with Gasteiger partial charge in [0, 0.05) is 52.3 Å². The van der Waals surface area contributed by atoms with Gasteiger partial charge in [-0.15, -0.1) is 15.3 Å². The molecule has 4 N–H and O–H groups in total. The molecule has 0 spiro atoms. The Kier molecular flexibility index (Phi) is 11.3. The number of rotatable bonds is 15. The van der Waals surface area contributed by atoms with E-state index >= 15 is 0 Å². The highest BCUT2D eigenvalue weighted by Crippen LogP contribution is 2.42. The van der Waals surface area contributed by atoms with Crippen molar-refractivity contribution in [1.29, 1.82) is 0 Å². The summed E-state index contributed by atoms with van der Waals surface area (Å²) in [5.74, 6) is -0.503. The molecule has 0 saturated heterocycles. The van der Waals surface area contributed by atoms with Crippen LogP contribution in [0.4, 0.5) is 34.1 Å². The van der Waals surface area contributed by atoms with Crippen molar-refractivity contribution >= 4 is 67.5 Å². The maximum atomic E-state index is 12.1. The molecule has 1 aliphatic heterocycles. The Bertz CT molecular complexity index is 2060. The number of nitrogens with zero attached hydrogens (tertiary/aromatic N) is 4. The van der Waals surface area contributed by atoms with E-state index in [0.717, 1.165) is 74.9 Å². The number of amides is 1. The summed E-state index contributed by atoms with van der Waals surface area (Å²) in [6, 6.07) is 29.7. The fraction of sp³-hybridized carbons (Fsp3) is 0.300. The van der Waals surface area contributed by atoms with E-state index in [1.165, 1.54) is 0 Å². The van der Waals surface area contributed by atoms with Crippen LogP contribution in [-0.4, -0.2) is 44.3 Å². The smallest absolute Gasteiger partial charge is 0.306 e. The first-order valence-corrected chi connectivity index (χ1v) is 17.4. The summed E-state index contributed by atoms with van der Waals surface area (Å²) in [4.78, 5) is 24.0. The third-order valence-electron chi connectivity index (χ3n) is 8.65. The van der Waals surface area contributed by atoms with Crippen LogP contribution in [0.3, 0.4) is 0 Å². The lowest BCUT2D eigenvalue weighted by molar-refractivity contribution is -0.144. The summed E-state index contributed by atoms with van der Waals surface area (Å²) < 4.78 is 5.34. The quantitative estimate of drug-likeness (QED) is 0.0492. The summed E-state index contributed by atoms with van der Waals surface area (Å²) >= 11 is 0. The lowest BCUT2D eigenvalue weighted by Crippen LogP contribution is -2.41. The number of carbonyl (C=O) groups is 2. The van der Waals surface area contributed by atoms with Crippen LogP contribution >= 0.6 is 0 Å². The predicted molar refractivity (Wildman–Crippen MR) is 204 cm³/mol. The number of fused-ring (bicyclic) bond motifs is 1. The Morgan fingerprint density at radius 3 is 2.00 bits per heavy atom. The first-order valence-electron chi connectivity index (χ1n) is 17.4. The van der Waals surface area contributed by atoms with Crippen molar-refractivity contribution < 1.29 is 14.3 Å². The number of nitrogens with one attached hydrogen (secondary N) is 4. The van der Waals surface area contributed by atoms with E-state index in [1.807, 2.05) is 79.8 Å². The predicted octanol–water partition coefficient (Wildman–Crippen LogP) is 9.38. The molecule has 11 nitrogen and oxygen atoms in total. The van der Waals surface area contributed by atoms with Crippen LogP contribution in [0, 0.1) is 0 Å². The Morgan fingerprint density at radius 1 is 0.686 bits per heavy atom. The zero-order chi connectivity index (χ0) is 35.6. The van der Waals surface area contributed by atoms with Crippen LogP contribution in [0.25, 0.3) is 21.5 Å². The first-order chi connectivity index (χ1) is 24.8. The van der Waals surface area contributed by atoms with E-state index in [1.54, 1.807) is 0 Å². The van der Waals surface area contributed by atoms with Crippen LogP contribution in [0.2, 0.25) is 0 Å². The molecular weight excluding hydrogens is 640 g/mol. The highest BCUT2D eigenvalue weighted by Gasteiger charge is 2.25. The monoisotopic (exact) mass is 684 g/mol. The molecule has 0 unspecified atom stereocenters. The lowest BCUT2D eigenvalue weighted by atomic mass is 10.00. The summed E-state index contributed by atoms with van der Waals surface area (Å²) in [6.45, 7) is 6.00. The average Bonchev–Trinajstić information content (AvgIpc) is 3.13. The molecule has 5 aromatic rings. The third kappa shape index (κ3) is 9.11. The molecule has 1 aliphatic rings. The molecule has 0 bridgehead atoms. The molecule has 262 valence electrons. The third-order valence-corrected chi connectivity index (χ3v) is 8.65. The molecule has 11 heteroatoms. The number of benzene rings is 5. The number of anilines is 2. The number of hydrogen-bond acceptors (Lipinski definition) is 10. The Balaban J connectivity index is 1.05. The van der Waals surface area contributed by atoms with Gasteiger partial charge in [0.15, 0.2) is 0 Å². The van der Waals surface area contributed by atoms with Gasteiger partial charge in [-0.1, -0.05) is 48.5 Å². The molecule has 1 amide bonds. The van der Waals surface area contributed by atoms with Crippen LogP contribution in [-0.2, 0) is 20.7 Å². The molecule has 0 aromatic heterocycles. The van der Waals surface area contributed by atoms with Crippen molar-refractivity contribution in [1.82, 2.24) is 10.6 Å². The lowest BCUT2D eigenvalue weighted by Gasteiger charge is -2.36. The molecule has 0 aliphatic carbocycles. The number of azo groups is 2. The second kappa shape index (κ2) is 16.4. The van der Waals surface area contributed by atoms with Gasteiger partial charge in [0.2, 0.25) is 5.91 Å². The standard InChI is InChI=1S/C40H44N8O3/c1-40(2)43-35-12-8-11-31-34(19-20-36(44-40)39(31)35)48-47-33-18-17-32(29-9-4-5-10-30(29)33)46-45-28-15-13-27(14-16-28)23-26-51-38(50)22-21-37(49)42-25-7-6-24-41-3/h4-5,8-20,41,43-44H,6-7,21-26H2,1-3H3,(H,42,49)/b46-45+,48-47+. The van der Waals surface area contributed by atoms with Gasteiger partial charge in [-0.05, 0) is 88.3 Å². The Hall–Kier alpha value is -5.68. The second-order valence-corrected chi connectivity index (χ2v) is 13.1. The molecule has 0 saturated carbocycles. The largest absolute Gasteiger partial charge is 0.465 e. The van der Waals surface area contributed by atoms with E-state index in [2.05, 4.69) is 68.7 Å². The summed E-state index contributed by atoms with van der Waals surface area (Å²) in [5, 5.41) is 35.4. The first kappa shape index (κ1) is 35.2. The minimum Gasteiger partial charge on any atom is -0.465 e. The second-order valence-electron chi connectivity index (χ2n) is 13.1. The maximum absolute atomic E-state index is 12.1. The van der Waals surface area contributed by atoms with E-state index in [9.17, 15) is 9.59 Å². The minimum atomic E-state index is -0.374. The molecule has 51 heavy (non-hydrogen) atoms. The van der Waals surface area contributed by atoms with Crippen molar-refractivity contribution in [3.05, 3.63) is 96.6 Å². The van der Waals surface area contributed by atoms with Gasteiger partial charge in [-0.3, -0.25) is 9.59 Å². The fourth-order valence-corrected chi connectivity index (χ4v) is 6.10. The van der Waals surface area contributed by atoms with Gasteiger partial charge >= 0.3 is 5.97 Å². The van der Waals surface area contributed by atoms with Crippen molar-refractivity contribution in [3.8, 4) is 0 Å². The van der Waals surface area contributed by atoms with Gasteiger partial charge < -0.3 is 26.0 Å². The maximum Gasteiger partial charge on any atom is 0.306 e. The van der Waals surface area contributed by atoms with Crippen LogP contribution < -0.4 is 21.3 Å². The molecule has 1 heterocycles. The van der Waals surface area contributed by atoms with E-state index in [0.29, 0.717) is 18.7 Å². The topological polar surface area (TPSA) is 141 Å². The summed E-state index contributed by atoms with van der Waals surface area (Å²) in [5.41, 5.74) is 5.86. The van der Waals surface area contributed by atoms with E-state index in [-0.39, 0.29) is 37.0 Å². The SMILES string of the molecule is CNCCCCNC(=O)CCC(=O)OCCc1ccc(/N=N/c2ccc(/N=N/c3ccc4c5c(cccc35)NC(C)(C)N4)c3ccccc23)cc1. The van der Waals surface area contributed by atoms with Crippen LogP contribution in [0.5, 0.6) is 0 Å². The van der Waals surface area contributed by atoms with Crippen molar-refractivity contribution in [3.63, 3.8) is 0 Å². The van der Waals surface area contributed by atoms with Crippen molar-refractivity contribution in [2.45, 2.75) is 51.6 Å². The molecule has 5 aromatic carbocycles. The highest BCUT2D eigenvalue weighted by molar-refractivity contribution is 6.09. The number of ether oxygens (including phenoxy) is 1. The zero-order valence-corrected chi connectivity index (χ0v) is 29.3. The van der Waals surface area contributed by atoms with Gasteiger partial charge in [0.05, 0.1) is 35.8 Å². The van der Waals surface area contributed by atoms with Crippen LogP contribution in [0.15, 0.2) is 111 Å². The summed E-state index contributed by atoms with van der Waals surface area (Å²) in [6.07, 6.45) is 2.66. The molecule has 0 atom stereocenters. The van der Waals surface area contributed by atoms with E-state index in [4.69, 9.17) is 9.85 Å².